The van der Waals surface area contributed by atoms with Crippen LogP contribution in [0.1, 0.15) is 32.2 Å². The Bertz CT molecular complexity index is 588. The van der Waals surface area contributed by atoms with Gasteiger partial charge in [0.2, 0.25) is 0 Å². The molecule has 0 aliphatic rings. The second-order valence-electron chi connectivity index (χ2n) is 5.04. The lowest BCUT2D eigenvalue weighted by molar-refractivity contribution is 0.521. The Morgan fingerprint density at radius 1 is 1.39 bits per heavy atom. The van der Waals surface area contributed by atoms with Crippen LogP contribution >= 0.6 is 0 Å². The van der Waals surface area contributed by atoms with Crippen molar-refractivity contribution in [1.29, 1.82) is 5.26 Å². The van der Waals surface area contributed by atoms with E-state index in [0.29, 0.717) is 12.3 Å². The average Bonchev–Trinajstić information content (AvgIpc) is 2.66. The summed E-state index contributed by atoms with van der Waals surface area (Å²) in [6.45, 7) is 7.42. The maximum Gasteiger partial charge on any atom is 0.124 e. The van der Waals surface area contributed by atoms with Gasteiger partial charge < -0.3 is 4.57 Å². The lowest BCUT2D eigenvalue weighted by Crippen LogP contribution is -2.08. The molecule has 0 spiro atoms. The SMILES string of the molecule is CCc1ccc2c(c1)nc(CC#N)n2CC(C)C. The molecule has 0 aliphatic heterocycles. The van der Waals surface area contributed by atoms with E-state index < -0.39 is 0 Å². The van der Waals surface area contributed by atoms with E-state index in [1.54, 1.807) is 0 Å². The first-order valence-corrected chi connectivity index (χ1v) is 6.50. The average molecular weight is 241 g/mol. The van der Waals surface area contributed by atoms with E-state index in [1.165, 1.54) is 5.56 Å². The van der Waals surface area contributed by atoms with E-state index >= 15 is 0 Å². The zero-order chi connectivity index (χ0) is 13.1. The summed E-state index contributed by atoms with van der Waals surface area (Å²) in [6, 6.07) is 8.62. The lowest BCUT2D eigenvalue weighted by Gasteiger charge is -2.10. The van der Waals surface area contributed by atoms with Crippen LogP contribution in [0.15, 0.2) is 18.2 Å². The normalized spacial score (nSPS) is 11.1. The highest BCUT2D eigenvalue weighted by Gasteiger charge is 2.11. The first-order valence-electron chi connectivity index (χ1n) is 6.50. The van der Waals surface area contributed by atoms with Crippen molar-refractivity contribution in [2.24, 2.45) is 5.92 Å². The van der Waals surface area contributed by atoms with Crippen molar-refractivity contribution in [3.05, 3.63) is 29.6 Å². The van der Waals surface area contributed by atoms with E-state index in [-0.39, 0.29) is 0 Å². The first kappa shape index (κ1) is 12.6. The topological polar surface area (TPSA) is 41.6 Å². The molecule has 0 saturated heterocycles. The van der Waals surface area contributed by atoms with Gasteiger partial charge in [0.15, 0.2) is 0 Å². The molecule has 0 amide bonds. The first-order chi connectivity index (χ1) is 8.65. The molecule has 1 aromatic heterocycles. The molecule has 0 saturated carbocycles. The summed E-state index contributed by atoms with van der Waals surface area (Å²) >= 11 is 0. The molecular formula is C15H19N3. The highest BCUT2D eigenvalue weighted by molar-refractivity contribution is 5.77. The van der Waals surface area contributed by atoms with Crippen molar-refractivity contribution >= 4 is 11.0 Å². The molecule has 0 unspecified atom stereocenters. The summed E-state index contributed by atoms with van der Waals surface area (Å²) in [5, 5.41) is 8.90. The number of fused-ring (bicyclic) bond motifs is 1. The van der Waals surface area contributed by atoms with Crippen molar-refractivity contribution < 1.29 is 0 Å². The fourth-order valence-electron chi connectivity index (χ4n) is 2.22. The van der Waals surface area contributed by atoms with Gasteiger partial charge in [0.25, 0.3) is 0 Å². The summed E-state index contributed by atoms with van der Waals surface area (Å²) in [5.74, 6) is 1.43. The van der Waals surface area contributed by atoms with E-state index in [0.717, 1.165) is 29.8 Å². The summed E-state index contributed by atoms with van der Waals surface area (Å²) in [6.07, 6.45) is 1.39. The number of aromatic nitrogens is 2. The van der Waals surface area contributed by atoms with Crippen LogP contribution < -0.4 is 0 Å². The molecule has 18 heavy (non-hydrogen) atoms. The summed E-state index contributed by atoms with van der Waals surface area (Å²) in [4.78, 5) is 4.60. The standard InChI is InChI=1S/C15H19N3/c1-4-12-5-6-14-13(9-12)17-15(7-8-16)18(14)10-11(2)3/h5-6,9,11H,4,7,10H2,1-3H3. The van der Waals surface area contributed by atoms with Gasteiger partial charge in [0.05, 0.1) is 23.5 Å². The highest BCUT2D eigenvalue weighted by atomic mass is 15.1. The van der Waals surface area contributed by atoms with E-state index in [2.05, 4.69) is 54.6 Å². The minimum absolute atomic E-state index is 0.378. The van der Waals surface area contributed by atoms with Crippen LogP contribution in [0, 0.1) is 17.2 Å². The minimum Gasteiger partial charge on any atom is -0.327 e. The van der Waals surface area contributed by atoms with E-state index in [9.17, 15) is 0 Å². The fraction of sp³-hybridized carbons (Fsp3) is 0.467. The van der Waals surface area contributed by atoms with Gasteiger partial charge >= 0.3 is 0 Å². The Balaban J connectivity index is 2.56. The number of hydrogen-bond donors (Lipinski definition) is 0. The maximum atomic E-state index is 8.90. The lowest BCUT2D eigenvalue weighted by atomic mass is 10.1. The molecule has 2 aromatic rings. The number of rotatable bonds is 4. The Hall–Kier alpha value is -1.82. The van der Waals surface area contributed by atoms with Crippen molar-refractivity contribution in [2.45, 2.75) is 40.2 Å². The number of nitrogens with zero attached hydrogens (tertiary/aromatic N) is 3. The molecule has 94 valence electrons. The van der Waals surface area contributed by atoms with Crippen LogP contribution in [0.4, 0.5) is 0 Å². The van der Waals surface area contributed by atoms with Gasteiger partial charge in [-0.15, -0.1) is 0 Å². The van der Waals surface area contributed by atoms with Crippen LogP contribution in [0.5, 0.6) is 0 Å². The summed E-state index contributed by atoms with van der Waals surface area (Å²) in [7, 11) is 0. The number of nitriles is 1. The largest absolute Gasteiger partial charge is 0.327 e. The van der Waals surface area contributed by atoms with Crippen LogP contribution in [-0.4, -0.2) is 9.55 Å². The predicted molar refractivity (Wildman–Crippen MR) is 73.3 cm³/mol. The smallest absolute Gasteiger partial charge is 0.124 e. The molecule has 3 nitrogen and oxygen atoms in total. The highest BCUT2D eigenvalue weighted by Crippen LogP contribution is 2.20. The monoisotopic (exact) mass is 241 g/mol. The van der Waals surface area contributed by atoms with Crippen LogP contribution in [0.3, 0.4) is 0 Å². The van der Waals surface area contributed by atoms with Gasteiger partial charge in [-0.3, -0.25) is 0 Å². The molecule has 0 bridgehead atoms. The van der Waals surface area contributed by atoms with Gasteiger partial charge in [-0.2, -0.15) is 5.26 Å². The zero-order valence-corrected chi connectivity index (χ0v) is 11.3. The molecule has 1 heterocycles. The van der Waals surface area contributed by atoms with Gasteiger partial charge in [-0.25, -0.2) is 4.98 Å². The Morgan fingerprint density at radius 2 is 2.17 bits per heavy atom. The number of benzene rings is 1. The number of hydrogen-bond acceptors (Lipinski definition) is 2. The molecule has 0 N–H and O–H groups in total. The van der Waals surface area contributed by atoms with E-state index in [1.807, 2.05) is 0 Å². The second kappa shape index (κ2) is 5.22. The summed E-state index contributed by atoms with van der Waals surface area (Å²) in [5.41, 5.74) is 3.45. The third-order valence-electron chi connectivity index (χ3n) is 3.08. The predicted octanol–water partition coefficient (Wildman–Crippen LogP) is 3.32. The van der Waals surface area contributed by atoms with Crippen molar-refractivity contribution in [3.63, 3.8) is 0 Å². The Morgan fingerprint density at radius 3 is 2.78 bits per heavy atom. The molecule has 0 fully saturated rings. The van der Waals surface area contributed by atoms with Gasteiger partial charge in [-0.05, 0) is 30.0 Å². The Labute approximate surface area is 108 Å². The summed E-state index contributed by atoms with van der Waals surface area (Å²) < 4.78 is 2.18. The van der Waals surface area contributed by atoms with Gasteiger partial charge in [-0.1, -0.05) is 26.8 Å². The second-order valence-corrected chi connectivity index (χ2v) is 5.04. The maximum absolute atomic E-state index is 8.90. The third-order valence-corrected chi connectivity index (χ3v) is 3.08. The molecule has 1 aromatic carbocycles. The molecule has 2 rings (SSSR count). The van der Waals surface area contributed by atoms with E-state index in [4.69, 9.17) is 5.26 Å². The van der Waals surface area contributed by atoms with Crippen LogP contribution in [-0.2, 0) is 19.4 Å². The van der Waals surface area contributed by atoms with Crippen LogP contribution in [0.25, 0.3) is 11.0 Å². The number of imidazole rings is 1. The van der Waals surface area contributed by atoms with Crippen LogP contribution in [0.2, 0.25) is 0 Å². The quantitative estimate of drug-likeness (QED) is 0.824. The van der Waals surface area contributed by atoms with Gasteiger partial charge in [0, 0.05) is 6.54 Å². The van der Waals surface area contributed by atoms with Crippen molar-refractivity contribution in [2.75, 3.05) is 0 Å². The molecule has 0 radical (unpaired) electrons. The Kier molecular flexibility index (Phi) is 3.66. The zero-order valence-electron chi connectivity index (χ0n) is 11.3. The van der Waals surface area contributed by atoms with Crippen molar-refractivity contribution in [3.8, 4) is 6.07 Å². The van der Waals surface area contributed by atoms with Gasteiger partial charge in [0.1, 0.15) is 5.82 Å². The number of aryl methyl sites for hydroxylation is 1. The molecule has 0 atom stereocenters. The van der Waals surface area contributed by atoms with Crippen molar-refractivity contribution in [1.82, 2.24) is 9.55 Å². The third kappa shape index (κ3) is 2.38. The molecular weight excluding hydrogens is 222 g/mol. The molecule has 0 aliphatic carbocycles. The molecule has 3 heteroatoms. The minimum atomic E-state index is 0.378. The fourth-order valence-corrected chi connectivity index (χ4v) is 2.22.